The van der Waals surface area contributed by atoms with E-state index in [1.807, 2.05) is 54.6 Å². The van der Waals surface area contributed by atoms with Crippen LogP contribution in [0.5, 0.6) is 0 Å². The molecule has 2 heterocycles. The highest BCUT2D eigenvalue weighted by Crippen LogP contribution is 2.25. The van der Waals surface area contributed by atoms with Crippen LogP contribution >= 0.6 is 11.6 Å². The zero-order chi connectivity index (χ0) is 18.8. The van der Waals surface area contributed by atoms with Gasteiger partial charge in [-0.3, -0.25) is 19.4 Å². The number of imide groups is 1. The van der Waals surface area contributed by atoms with Crippen molar-refractivity contribution in [1.82, 2.24) is 9.80 Å². The number of nitrogens with zero attached hydrogens (tertiary/aromatic N) is 3. The Morgan fingerprint density at radius 2 is 1.67 bits per heavy atom. The highest BCUT2D eigenvalue weighted by molar-refractivity contribution is 6.30. The van der Waals surface area contributed by atoms with Gasteiger partial charge in [0.1, 0.15) is 0 Å². The van der Waals surface area contributed by atoms with Crippen molar-refractivity contribution in [3.8, 4) is 0 Å². The number of hydrogen-bond acceptors (Lipinski definition) is 4. The van der Waals surface area contributed by atoms with E-state index in [1.165, 1.54) is 4.90 Å². The molecule has 0 saturated carbocycles. The SMILES string of the molecule is O=C1C[C@H](N2CCN(c3cccc(Cl)c3)CC2)C(=O)N1Cc1ccccc1. The maximum atomic E-state index is 12.8. The molecule has 2 amide bonds. The van der Waals surface area contributed by atoms with Gasteiger partial charge < -0.3 is 4.90 Å². The number of rotatable bonds is 4. The van der Waals surface area contributed by atoms with E-state index in [0.717, 1.165) is 42.5 Å². The third kappa shape index (κ3) is 3.84. The zero-order valence-corrected chi connectivity index (χ0v) is 15.8. The van der Waals surface area contributed by atoms with Crippen molar-refractivity contribution >= 4 is 29.1 Å². The van der Waals surface area contributed by atoms with Crippen molar-refractivity contribution in [3.63, 3.8) is 0 Å². The van der Waals surface area contributed by atoms with Crippen molar-refractivity contribution in [1.29, 1.82) is 0 Å². The first-order chi connectivity index (χ1) is 13.1. The van der Waals surface area contributed by atoms with Crippen molar-refractivity contribution in [2.75, 3.05) is 31.1 Å². The Morgan fingerprint density at radius 1 is 0.926 bits per heavy atom. The Morgan fingerprint density at radius 3 is 2.37 bits per heavy atom. The Balaban J connectivity index is 1.38. The number of carbonyl (C=O) groups is 2. The highest BCUT2D eigenvalue weighted by Gasteiger charge is 2.42. The standard InChI is InChI=1S/C21H22ClN3O2/c22-17-7-4-8-18(13-17)23-9-11-24(12-10-23)19-14-20(26)25(21(19)27)15-16-5-2-1-3-6-16/h1-8,13,19H,9-12,14-15H2/t19-/m0/s1. The molecule has 2 aromatic carbocycles. The van der Waals surface area contributed by atoms with E-state index in [0.29, 0.717) is 6.54 Å². The molecule has 2 saturated heterocycles. The molecule has 140 valence electrons. The van der Waals surface area contributed by atoms with E-state index < -0.39 is 0 Å². The average Bonchev–Trinajstić information content (AvgIpc) is 2.97. The van der Waals surface area contributed by atoms with Crippen LogP contribution in [0.1, 0.15) is 12.0 Å². The van der Waals surface area contributed by atoms with Crippen molar-refractivity contribution in [2.24, 2.45) is 0 Å². The first-order valence-electron chi connectivity index (χ1n) is 9.24. The monoisotopic (exact) mass is 383 g/mol. The van der Waals surface area contributed by atoms with Gasteiger partial charge in [0.25, 0.3) is 0 Å². The molecule has 6 heteroatoms. The third-order valence-corrected chi connectivity index (χ3v) is 5.57. The van der Waals surface area contributed by atoms with Gasteiger partial charge in [0.2, 0.25) is 11.8 Å². The van der Waals surface area contributed by atoms with E-state index in [9.17, 15) is 9.59 Å². The summed E-state index contributed by atoms with van der Waals surface area (Å²) in [5.41, 5.74) is 2.08. The summed E-state index contributed by atoms with van der Waals surface area (Å²) in [5.74, 6) is -0.147. The van der Waals surface area contributed by atoms with Crippen molar-refractivity contribution in [3.05, 3.63) is 65.2 Å². The fourth-order valence-corrected chi connectivity index (χ4v) is 4.03. The number of anilines is 1. The second-order valence-corrected chi connectivity index (χ2v) is 7.46. The largest absolute Gasteiger partial charge is 0.369 e. The van der Waals surface area contributed by atoms with E-state index in [1.54, 1.807) is 0 Å². The van der Waals surface area contributed by atoms with E-state index in [2.05, 4.69) is 9.80 Å². The molecule has 5 nitrogen and oxygen atoms in total. The summed E-state index contributed by atoms with van der Waals surface area (Å²) < 4.78 is 0. The first kappa shape index (κ1) is 18.0. The maximum Gasteiger partial charge on any atom is 0.247 e. The Labute approximate surface area is 164 Å². The number of benzene rings is 2. The summed E-state index contributed by atoms with van der Waals surface area (Å²) in [6, 6.07) is 17.2. The lowest BCUT2D eigenvalue weighted by molar-refractivity contribution is -0.140. The quantitative estimate of drug-likeness (QED) is 0.761. The third-order valence-electron chi connectivity index (χ3n) is 5.33. The molecule has 0 bridgehead atoms. The van der Waals surface area contributed by atoms with Gasteiger partial charge in [0.05, 0.1) is 19.0 Å². The molecule has 0 radical (unpaired) electrons. The van der Waals surface area contributed by atoms with Gasteiger partial charge >= 0.3 is 0 Å². The van der Waals surface area contributed by atoms with E-state index >= 15 is 0 Å². The molecular weight excluding hydrogens is 362 g/mol. The fourth-order valence-electron chi connectivity index (χ4n) is 3.85. The topological polar surface area (TPSA) is 43.9 Å². The van der Waals surface area contributed by atoms with Gasteiger partial charge in [0, 0.05) is 36.9 Å². The summed E-state index contributed by atoms with van der Waals surface area (Å²) in [6.45, 7) is 3.51. The summed E-state index contributed by atoms with van der Waals surface area (Å²) >= 11 is 6.09. The molecule has 0 unspecified atom stereocenters. The smallest absolute Gasteiger partial charge is 0.247 e. The van der Waals surface area contributed by atoms with Crippen LogP contribution in [0.15, 0.2) is 54.6 Å². The number of piperazine rings is 1. The lowest BCUT2D eigenvalue weighted by atomic mass is 10.1. The van der Waals surface area contributed by atoms with Crippen molar-refractivity contribution < 1.29 is 9.59 Å². The molecule has 0 aliphatic carbocycles. The number of hydrogen-bond donors (Lipinski definition) is 0. The molecule has 4 rings (SSSR count). The van der Waals surface area contributed by atoms with Crippen LogP contribution in [0.3, 0.4) is 0 Å². The lowest BCUT2D eigenvalue weighted by Gasteiger charge is -2.38. The molecule has 2 fully saturated rings. The minimum atomic E-state index is -0.331. The van der Waals surface area contributed by atoms with Crippen LogP contribution in [0.2, 0.25) is 5.02 Å². The summed E-state index contributed by atoms with van der Waals surface area (Å²) in [7, 11) is 0. The predicted molar refractivity (Wildman–Crippen MR) is 106 cm³/mol. The number of amides is 2. The van der Waals surface area contributed by atoms with Crippen LogP contribution in [-0.2, 0) is 16.1 Å². The Bertz CT molecular complexity index is 834. The normalized spacial score (nSPS) is 21.1. The minimum Gasteiger partial charge on any atom is -0.369 e. The second kappa shape index (κ2) is 7.71. The molecule has 0 aromatic heterocycles. The molecular formula is C21H22ClN3O2. The predicted octanol–water partition coefficient (Wildman–Crippen LogP) is 2.79. The van der Waals surface area contributed by atoms with Crippen LogP contribution in [0, 0.1) is 0 Å². The summed E-state index contributed by atoms with van der Waals surface area (Å²) in [6.07, 6.45) is 0.281. The number of carbonyl (C=O) groups excluding carboxylic acids is 2. The molecule has 0 N–H and O–H groups in total. The van der Waals surface area contributed by atoms with Crippen LogP contribution in [0.25, 0.3) is 0 Å². The lowest BCUT2D eigenvalue weighted by Crippen LogP contribution is -2.52. The van der Waals surface area contributed by atoms with Gasteiger partial charge in [0.15, 0.2) is 0 Å². The van der Waals surface area contributed by atoms with Crippen LogP contribution < -0.4 is 4.90 Å². The van der Waals surface area contributed by atoms with E-state index in [-0.39, 0.29) is 24.3 Å². The van der Waals surface area contributed by atoms with Crippen molar-refractivity contribution in [2.45, 2.75) is 19.0 Å². The Kier molecular flexibility index (Phi) is 5.14. The molecule has 2 aliphatic rings. The van der Waals surface area contributed by atoms with Gasteiger partial charge in [-0.15, -0.1) is 0 Å². The zero-order valence-electron chi connectivity index (χ0n) is 15.1. The number of likely N-dealkylation sites (tertiary alicyclic amines) is 1. The molecule has 2 aliphatic heterocycles. The molecule has 1 atom stereocenters. The van der Waals surface area contributed by atoms with Gasteiger partial charge in [-0.25, -0.2) is 0 Å². The van der Waals surface area contributed by atoms with E-state index in [4.69, 9.17) is 11.6 Å². The van der Waals surface area contributed by atoms with Crippen LogP contribution in [-0.4, -0.2) is 53.8 Å². The number of halogens is 1. The fraction of sp³-hybridized carbons (Fsp3) is 0.333. The Hall–Kier alpha value is -2.37. The summed E-state index contributed by atoms with van der Waals surface area (Å²) in [5, 5.41) is 0.725. The summed E-state index contributed by atoms with van der Waals surface area (Å²) in [4.78, 5) is 31.1. The molecule has 27 heavy (non-hydrogen) atoms. The molecule has 0 spiro atoms. The van der Waals surface area contributed by atoms with Gasteiger partial charge in [-0.2, -0.15) is 0 Å². The van der Waals surface area contributed by atoms with Gasteiger partial charge in [-0.05, 0) is 23.8 Å². The first-order valence-corrected chi connectivity index (χ1v) is 9.62. The maximum absolute atomic E-state index is 12.8. The molecule has 2 aromatic rings. The van der Waals surface area contributed by atoms with Crippen LogP contribution in [0.4, 0.5) is 5.69 Å². The average molecular weight is 384 g/mol. The minimum absolute atomic E-state index is 0.0694. The highest BCUT2D eigenvalue weighted by atomic mass is 35.5. The second-order valence-electron chi connectivity index (χ2n) is 7.03. The van der Waals surface area contributed by atoms with Gasteiger partial charge in [-0.1, -0.05) is 48.0 Å².